The first-order valence-corrected chi connectivity index (χ1v) is 10.6. The molecular formula is C22H25ClN4O5. The number of aryl methyl sites for hydroxylation is 1. The number of ether oxygens (including phenoxy) is 1. The van der Waals surface area contributed by atoms with E-state index in [1.54, 1.807) is 17.9 Å². The molecule has 0 bridgehead atoms. The van der Waals surface area contributed by atoms with Crippen LogP contribution in [0.1, 0.15) is 15.9 Å². The minimum atomic E-state index is -0.532. The molecule has 0 aromatic heterocycles. The van der Waals surface area contributed by atoms with Crippen molar-refractivity contribution >= 4 is 29.1 Å². The van der Waals surface area contributed by atoms with Crippen molar-refractivity contribution in [2.45, 2.75) is 6.92 Å². The Morgan fingerprint density at radius 2 is 1.88 bits per heavy atom. The van der Waals surface area contributed by atoms with Crippen molar-refractivity contribution in [1.29, 1.82) is 0 Å². The van der Waals surface area contributed by atoms with Gasteiger partial charge in [0.05, 0.1) is 16.5 Å². The molecule has 1 saturated heterocycles. The van der Waals surface area contributed by atoms with Crippen LogP contribution in [0.15, 0.2) is 42.5 Å². The number of benzene rings is 2. The van der Waals surface area contributed by atoms with Gasteiger partial charge >= 0.3 is 0 Å². The van der Waals surface area contributed by atoms with E-state index < -0.39 is 10.8 Å². The van der Waals surface area contributed by atoms with Crippen LogP contribution >= 0.6 is 11.6 Å². The van der Waals surface area contributed by atoms with Crippen LogP contribution in [0.25, 0.3) is 0 Å². The summed E-state index contributed by atoms with van der Waals surface area (Å²) in [6.07, 6.45) is 0. The lowest BCUT2D eigenvalue weighted by Crippen LogP contribution is -2.51. The predicted octanol–water partition coefficient (Wildman–Crippen LogP) is 2.51. The molecule has 32 heavy (non-hydrogen) atoms. The SMILES string of the molecule is Cc1ccc(C(=O)NCC(=O)N2CCN(CCOc3ccccc3Cl)CC2)cc1[N+](=O)[O-]. The number of carbonyl (C=O) groups is 2. The highest BCUT2D eigenvalue weighted by Crippen LogP contribution is 2.23. The number of nitrogens with one attached hydrogen (secondary N) is 1. The Labute approximate surface area is 191 Å². The molecule has 0 aliphatic carbocycles. The average molecular weight is 461 g/mol. The van der Waals surface area contributed by atoms with Crippen LogP contribution in [-0.4, -0.2) is 72.4 Å². The molecule has 1 aliphatic heterocycles. The number of amides is 2. The zero-order valence-corrected chi connectivity index (χ0v) is 18.5. The summed E-state index contributed by atoms with van der Waals surface area (Å²) in [5.74, 6) is -0.0543. The number of nitro benzene ring substituents is 1. The van der Waals surface area contributed by atoms with Gasteiger partial charge in [0.15, 0.2) is 0 Å². The summed E-state index contributed by atoms with van der Waals surface area (Å²) < 4.78 is 5.71. The van der Waals surface area contributed by atoms with Gasteiger partial charge in [-0.05, 0) is 25.1 Å². The van der Waals surface area contributed by atoms with Crippen molar-refractivity contribution in [3.63, 3.8) is 0 Å². The van der Waals surface area contributed by atoms with Crippen LogP contribution in [0, 0.1) is 17.0 Å². The van der Waals surface area contributed by atoms with Gasteiger partial charge in [-0.3, -0.25) is 24.6 Å². The van der Waals surface area contributed by atoms with E-state index in [2.05, 4.69) is 10.2 Å². The van der Waals surface area contributed by atoms with Crippen LogP contribution in [0.5, 0.6) is 5.75 Å². The van der Waals surface area contributed by atoms with Crippen molar-refractivity contribution in [3.05, 3.63) is 68.7 Å². The van der Waals surface area contributed by atoms with Crippen molar-refractivity contribution in [3.8, 4) is 5.75 Å². The molecule has 0 saturated carbocycles. The molecule has 0 spiro atoms. The van der Waals surface area contributed by atoms with Crippen molar-refractivity contribution < 1.29 is 19.2 Å². The number of halogens is 1. The van der Waals surface area contributed by atoms with Crippen LogP contribution in [0.3, 0.4) is 0 Å². The summed E-state index contributed by atoms with van der Waals surface area (Å²) >= 11 is 6.08. The predicted molar refractivity (Wildman–Crippen MR) is 120 cm³/mol. The number of carbonyl (C=O) groups excluding carboxylic acids is 2. The van der Waals surface area contributed by atoms with Crippen LogP contribution < -0.4 is 10.1 Å². The van der Waals surface area contributed by atoms with E-state index in [1.165, 1.54) is 18.2 Å². The molecule has 170 valence electrons. The van der Waals surface area contributed by atoms with Crippen LogP contribution in [0.4, 0.5) is 5.69 Å². The molecule has 10 heteroatoms. The van der Waals surface area contributed by atoms with E-state index in [1.807, 2.05) is 18.2 Å². The van der Waals surface area contributed by atoms with Gasteiger partial charge in [0.2, 0.25) is 5.91 Å². The summed E-state index contributed by atoms with van der Waals surface area (Å²) in [6.45, 7) is 5.17. The minimum Gasteiger partial charge on any atom is -0.491 e. The summed E-state index contributed by atoms with van der Waals surface area (Å²) in [5, 5.41) is 14.2. The Hall–Kier alpha value is -3.17. The minimum absolute atomic E-state index is 0.126. The monoisotopic (exact) mass is 460 g/mol. The second-order valence-electron chi connectivity index (χ2n) is 7.44. The van der Waals surface area contributed by atoms with Gasteiger partial charge in [-0.1, -0.05) is 29.8 Å². The molecule has 1 N–H and O–H groups in total. The van der Waals surface area contributed by atoms with Crippen LogP contribution in [-0.2, 0) is 4.79 Å². The van der Waals surface area contributed by atoms with Gasteiger partial charge in [0, 0.05) is 49.9 Å². The third kappa shape index (κ3) is 6.18. The zero-order valence-electron chi connectivity index (χ0n) is 17.8. The molecule has 1 fully saturated rings. The zero-order chi connectivity index (χ0) is 23.1. The molecule has 2 aromatic rings. The highest BCUT2D eigenvalue weighted by molar-refractivity contribution is 6.32. The quantitative estimate of drug-likeness (QED) is 0.479. The van der Waals surface area contributed by atoms with E-state index in [4.69, 9.17) is 16.3 Å². The first-order valence-electron chi connectivity index (χ1n) is 10.3. The Kier molecular flexibility index (Phi) is 8.02. The highest BCUT2D eigenvalue weighted by Gasteiger charge is 2.22. The number of nitro groups is 1. The van der Waals surface area contributed by atoms with Gasteiger partial charge in [0.1, 0.15) is 12.4 Å². The van der Waals surface area contributed by atoms with E-state index in [0.29, 0.717) is 49.1 Å². The standard InChI is InChI=1S/C22H25ClN4O5/c1-16-6-7-17(14-19(16)27(30)31)22(29)24-15-21(28)26-10-8-25(9-11-26)12-13-32-20-5-3-2-4-18(20)23/h2-7,14H,8-13,15H2,1H3,(H,24,29). The van der Waals surface area contributed by atoms with Gasteiger partial charge < -0.3 is 15.0 Å². The molecule has 1 aliphatic rings. The van der Waals surface area contributed by atoms with Crippen LogP contribution in [0.2, 0.25) is 5.02 Å². The lowest BCUT2D eigenvalue weighted by Gasteiger charge is -2.34. The van der Waals surface area contributed by atoms with Gasteiger partial charge in [-0.25, -0.2) is 0 Å². The maximum Gasteiger partial charge on any atom is 0.273 e. The summed E-state index contributed by atoms with van der Waals surface area (Å²) in [7, 11) is 0. The van der Waals surface area contributed by atoms with E-state index in [0.717, 1.165) is 6.54 Å². The maximum atomic E-state index is 12.5. The summed E-state index contributed by atoms with van der Waals surface area (Å²) in [6, 6.07) is 11.6. The van der Waals surface area contributed by atoms with Crippen molar-refractivity contribution in [1.82, 2.24) is 15.1 Å². The topological polar surface area (TPSA) is 105 Å². The van der Waals surface area contributed by atoms with E-state index in [9.17, 15) is 19.7 Å². The fraction of sp³-hybridized carbons (Fsp3) is 0.364. The lowest BCUT2D eigenvalue weighted by molar-refractivity contribution is -0.385. The van der Waals surface area contributed by atoms with E-state index >= 15 is 0 Å². The largest absolute Gasteiger partial charge is 0.491 e. The summed E-state index contributed by atoms with van der Waals surface area (Å²) in [5.41, 5.74) is 0.495. The third-order valence-corrected chi connectivity index (χ3v) is 5.61. The molecule has 2 aromatic carbocycles. The number of nitrogens with zero attached hydrogens (tertiary/aromatic N) is 3. The molecule has 1 heterocycles. The highest BCUT2D eigenvalue weighted by atomic mass is 35.5. The molecule has 0 atom stereocenters. The normalized spacial score (nSPS) is 14.1. The Bertz CT molecular complexity index is 992. The number of hydrogen-bond donors (Lipinski definition) is 1. The Balaban J connectivity index is 1.40. The second-order valence-corrected chi connectivity index (χ2v) is 7.85. The smallest absolute Gasteiger partial charge is 0.273 e. The maximum absolute atomic E-state index is 12.5. The van der Waals surface area contributed by atoms with Crippen molar-refractivity contribution in [2.75, 3.05) is 45.9 Å². The first-order chi connectivity index (χ1) is 15.3. The average Bonchev–Trinajstić information content (AvgIpc) is 2.79. The fourth-order valence-electron chi connectivity index (χ4n) is 3.38. The fourth-order valence-corrected chi connectivity index (χ4v) is 3.57. The molecule has 0 radical (unpaired) electrons. The Morgan fingerprint density at radius 3 is 2.56 bits per heavy atom. The molecule has 3 rings (SSSR count). The van der Waals surface area contributed by atoms with E-state index in [-0.39, 0.29) is 23.7 Å². The first kappa shape index (κ1) is 23.5. The third-order valence-electron chi connectivity index (χ3n) is 5.29. The molecule has 0 unspecified atom stereocenters. The summed E-state index contributed by atoms with van der Waals surface area (Å²) in [4.78, 5) is 39.2. The number of hydrogen-bond acceptors (Lipinski definition) is 6. The Morgan fingerprint density at radius 1 is 1.16 bits per heavy atom. The van der Waals surface area contributed by atoms with Gasteiger partial charge in [-0.15, -0.1) is 0 Å². The molecule has 9 nitrogen and oxygen atoms in total. The lowest BCUT2D eigenvalue weighted by atomic mass is 10.1. The van der Waals surface area contributed by atoms with Gasteiger partial charge in [0.25, 0.3) is 11.6 Å². The second kappa shape index (κ2) is 10.9. The molecule has 2 amide bonds. The van der Waals surface area contributed by atoms with Crippen molar-refractivity contribution in [2.24, 2.45) is 0 Å². The number of rotatable bonds is 8. The number of piperazine rings is 1. The van der Waals surface area contributed by atoms with Gasteiger partial charge in [-0.2, -0.15) is 0 Å². The molecular weight excluding hydrogens is 436 g/mol. The number of para-hydroxylation sites is 1.